The van der Waals surface area contributed by atoms with Crippen molar-refractivity contribution in [1.82, 2.24) is 35.4 Å². The minimum Gasteiger partial charge on any atom is -0.290 e. The molecule has 0 unspecified atom stereocenters. The van der Waals surface area contributed by atoms with Gasteiger partial charge in [-0.3, -0.25) is 4.79 Å². The number of aromatic amines is 1. The second-order valence-electron chi connectivity index (χ2n) is 7.94. The van der Waals surface area contributed by atoms with E-state index < -0.39 is 0 Å². The van der Waals surface area contributed by atoms with E-state index in [4.69, 9.17) is 0 Å². The standard InChI is InChI=1S/C26H23N7O/c1-2-24-27-26(23(34)16-18-8-4-3-5-9-18)30-33(24)17-19-12-14-20(15-13-19)21-10-6-7-11-22(21)25-28-31-32-29-25/h3-15H,2,16-17H2,1H3,(H,28,29,31,32). The summed E-state index contributed by atoms with van der Waals surface area (Å²) in [6.45, 7) is 2.56. The molecule has 8 nitrogen and oxygen atoms in total. The Morgan fingerprint density at radius 2 is 1.62 bits per heavy atom. The lowest BCUT2D eigenvalue weighted by Gasteiger charge is -2.09. The summed E-state index contributed by atoms with van der Waals surface area (Å²) in [6, 6.07) is 25.9. The van der Waals surface area contributed by atoms with Gasteiger partial charge in [0.15, 0.2) is 5.82 Å². The quantitative estimate of drug-likeness (QED) is 0.357. The number of benzene rings is 3. The smallest absolute Gasteiger partial charge is 0.217 e. The number of aryl methyl sites for hydroxylation is 1. The van der Waals surface area contributed by atoms with Gasteiger partial charge >= 0.3 is 0 Å². The van der Waals surface area contributed by atoms with Crippen molar-refractivity contribution >= 4 is 5.78 Å². The molecule has 34 heavy (non-hydrogen) atoms. The maximum absolute atomic E-state index is 12.7. The molecule has 0 bridgehead atoms. The van der Waals surface area contributed by atoms with Crippen LogP contribution in [0.4, 0.5) is 0 Å². The number of nitrogens with one attached hydrogen (secondary N) is 1. The van der Waals surface area contributed by atoms with Crippen molar-refractivity contribution in [1.29, 1.82) is 0 Å². The summed E-state index contributed by atoms with van der Waals surface area (Å²) >= 11 is 0. The lowest BCUT2D eigenvalue weighted by Crippen LogP contribution is -2.08. The van der Waals surface area contributed by atoms with E-state index in [9.17, 15) is 4.79 Å². The predicted octanol–water partition coefficient (Wildman–Crippen LogP) is 4.16. The highest BCUT2D eigenvalue weighted by atomic mass is 16.1. The largest absolute Gasteiger partial charge is 0.290 e. The molecule has 0 aliphatic heterocycles. The SMILES string of the molecule is CCc1nc(C(=O)Cc2ccccc2)nn1Cc1ccc(-c2ccccc2-c2nnn[nH]2)cc1. The fourth-order valence-corrected chi connectivity index (χ4v) is 3.92. The van der Waals surface area contributed by atoms with Crippen LogP contribution >= 0.6 is 0 Å². The van der Waals surface area contributed by atoms with Crippen molar-refractivity contribution in [2.75, 3.05) is 0 Å². The minimum absolute atomic E-state index is 0.0755. The number of Topliss-reactive ketones (excluding diaryl/α,β-unsaturated/α-hetero) is 1. The molecule has 2 aromatic heterocycles. The molecule has 168 valence electrons. The summed E-state index contributed by atoms with van der Waals surface area (Å²) < 4.78 is 1.82. The number of hydrogen-bond donors (Lipinski definition) is 1. The molecule has 0 radical (unpaired) electrons. The molecule has 5 aromatic rings. The Kier molecular flexibility index (Phi) is 6.03. The van der Waals surface area contributed by atoms with Crippen LogP contribution in [-0.4, -0.2) is 41.2 Å². The molecular formula is C26H23N7O. The van der Waals surface area contributed by atoms with Crippen LogP contribution in [0.5, 0.6) is 0 Å². The van der Waals surface area contributed by atoms with Gasteiger partial charge < -0.3 is 0 Å². The van der Waals surface area contributed by atoms with Crippen LogP contribution in [-0.2, 0) is 19.4 Å². The van der Waals surface area contributed by atoms with Crippen molar-refractivity contribution in [3.8, 4) is 22.5 Å². The number of aromatic nitrogens is 7. The highest BCUT2D eigenvalue weighted by Crippen LogP contribution is 2.29. The Bertz CT molecular complexity index is 1390. The average molecular weight is 450 g/mol. The zero-order valence-corrected chi connectivity index (χ0v) is 18.7. The molecule has 0 aliphatic carbocycles. The van der Waals surface area contributed by atoms with E-state index >= 15 is 0 Å². The van der Waals surface area contributed by atoms with E-state index in [1.807, 2.05) is 66.2 Å². The first-order valence-electron chi connectivity index (χ1n) is 11.1. The molecule has 0 saturated carbocycles. The van der Waals surface area contributed by atoms with Crippen LogP contribution in [0.3, 0.4) is 0 Å². The fraction of sp³-hybridized carbons (Fsp3) is 0.154. The Hall–Kier alpha value is -4.46. The van der Waals surface area contributed by atoms with Crippen molar-refractivity contribution in [3.63, 3.8) is 0 Å². The van der Waals surface area contributed by atoms with Gasteiger partial charge in [-0.25, -0.2) is 14.8 Å². The van der Waals surface area contributed by atoms with E-state index in [1.165, 1.54) is 0 Å². The number of nitrogens with zero attached hydrogens (tertiary/aromatic N) is 6. The van der Waals surface area contributed by atoms with Gasteiger partial charge in [0, 0.05) is 18.4 Å². The summed E-state index contributed by atoms with van der Waals surface area (Å²) in [5, 5.41) is 18.8. The molecule has 0 fully saturated rings. The number of tetrazole rings is 1. The highest BCUT2D eigenvalue weighted by molar-refractivity contribution is 5.94. The van der Waals surface area contributed by atoms with Crippen LogP contribution in [0.25, 0.3) is 22.5 Å². The number of ketones is 1. The average Bonchev–Trinajstić information content (AvgIpc) is 3.56. The van der Waals surface area contributed by atoms with E-state index in [1.54, 1.807) is 0 Å². The molecule has 2 heterocycles. The molecule has 5 rings (SSSR count). The molecule has 0 atom stereocenters. The van der Waals surface area contributed by atoms with Crippen LogP contribution in [0.1, 0.15) is 34.5 Å². The molecule has 8 heteroatoms. The second kappa shape index (κ2) is 9.58. The normalized spacial score (nSPS) is 11.0. The third kappa shape index (κ3) is 4.52. The fourth-order valence-electron chi connectivity index (χ4n) is 3.92. The Morgan fingerprint density at radius 1 is 0.882 bits per heavy atom. The van der Waals surface area contributed by atoms with Crippen molar-refractivity contribution in [2.45, 2.75) is 26.3 Å². The second-order valence-corrected chi connectivity index (χ2v) is 7.94. The van der Waals surface area contributed by atoms with Gasteiger partial charge in [-0.05, 0) is 32.7 Å². The summed E-state index contributed by atoms with van der Waals surface area (Å²) in [6.07, 6.45) is 0.991. The molecule has 0 spiro atoms. The van der Waals surface area contributed by atoms with E-state index in [-0.39, 0.29) is 11.6 Å². The van der Waals surface area contributed by atoms with Gasteiger partial charge in [0.05, 0.1) is 6.54 Å². The molecule has 1 N–H and O–H groups in total. The summed E-state index contributed by atoms with van der Waals surface area (Å²) in [5.41, 5.74) is 5.06. The molecule has 0 aliphatic rings. The number of hydrogen-bond acceptors (Lipinski definition) is 6. The minimum atomic E-state index is -0.0755. The van der Waals surface area contributed by atoms with Crippen molar-refractivity contribution in [2.24, 2.45) is 0 Å². The van der Waals surface area contributed by atoms with Gasteiger partial charge in [0.2, 0.25) is 11.6 Å². The van der Waals surface area contributed by atoms with Crippen LogP contribution in [0.15, 0.2) is 78.9 Å². The molecule has 0 amide bonds. The summed E-state index contributed by atoms with van der Waals surface area (Å²) in [7, 11) is 0. The Balaban J connectivity index is 1.35. The topological polar surface area (TPSA) is 102 Å². The van der Waals surface area contributed by atoms with Gasteiger partial charge in [0.1, 0.15) is 5.82 Å². The van der Waals surface area contributed by atoms with Gasteiger partial charge in [-0.1, -0.05) is 85.8 Å². The third-order valence-electron chi connectivity index (χ3n) is 5.65. The zero-order valence-electron chi connectivity index (χ0n) is 18.7. The highest BCUT2D eigenvalue weighted by Gasteiger charge is 2.16. The number of H-pyrrole nitrogens is 1. The first-order chi connectivity index (χ1) is 16.7. The lowest BCUT2D eigenvalue weighted by molar-refractivity contribution is 0.0983. The number of carbonyl (C=O) groups is 1. The molecule has 3 aromatic carbocycles. The molecular weight excluding hydrogens is 426 g/mol. The third-order valence-corrected chi connectivity index (χ3v) is 5.65. The monoisotopic (exact) mass is 449 g/mol. The van der Waals surface area contributed by atoms with E-state index in [2.05, 4.69) is 55.0 Å². The number of carbonyl (C=O) groups excluding carboxylic acids is 1. The maximum Gasteiger partial charge on any atom is 0.217 e. The van der Waals surface area contributed by atoms with Gasteiger partial charge in [-0.2, -0.15) is 0 Å². The van der Waals surface area contributed by atoms with E-state index in [0.717, 1.165) is 33.6 Å². The maximum atomic E-state index is 12.7. The van der Waals surface area contributed by atoms with Crippen LogP contribution < -0.4 is 0 Å². The summed E-state index contributed by atoms with van der Waals surface area (Å²) in [4.78, 5) is 17.2. The van der Waals surface area contributed by atoms with Crippen LogP contribution in [0, 0.1) is 0 Å². The zero-order chi connectivity index (χ0) is 23.3. The van der Waals surface area contributed by atoms with Gasteiger partial charge in [-0.15, -0.1) is 10.2 Å². The van der Waals surface area contributed by atoms with Crippen LogP contribution in [0.2, 0.25) is 0 Å². The summed E-state index contributed by atoms with van der Waals surface area (Å²) in [5.74, 6) is 1.62. The Labute approximate surface area is 196 Å². The van der Waals surface area contributed by atoms with Crippen molar-refractivity contribution < 1.29 is 4.79 Å². The predicted molar refractivity (Wildman–Crippen MR) is 128 cm³/mol. The van der Waals surface area contributed by atoms with Crippen molar-refractivity contribution in [3.05, 3.63) is 102 Å². The molecule has 0 saturated heterocycles. The van der Waals surface area contributed by atoms with Gasteiger partial charge in [0.25, 0.3) is 0 Å². The number of rotatable bonds is 8. The van der Waals surface area contributed by atoms with E-state index in [0.29, 0.717) is 25.2 Å². The first-order valence-corrected chi connectivity index (χ1v) is 11.1. The Morgan fingerprint density at radius 3 is 2.32 bits per heavy atom. The first kappa shape index (κ1) is 21.4. The lowest BCUT2D eigenvalue weighted by atomic mass is 9.98.